The number of sulfonamides is 1. The number of carbonyl (C=O) groups excluding carboxylic acids is 1. The van der Waals surface area contributed by atoms with Crippen molar-refractivity contribution in [3.8, 4) is 0 Å². The number of nitro groups is 1. The maximum absolute atomic E-state index is 12.3. The summed E-state index contributed by atoms with van der Waals surface area (Å²) in [6.45, 7) is 0.642. The molecule has 0 aliphatic carbocycles. The molecule has 0 aliphatic heterocycles. The Morgan fingerprint density at radius 1 is 1.52 bits per heavy atom. The lowest BCUT2D eigenvalue weighted by Crippen LogP contribution is -2.36. The van der Waals surface area contributed by atoms with Gasteiger partial charge in [0, 0.05) is 25.6 Å². The maximum atomic E-state index is 12.3. The van der Waals surface area contributed by atoms with Crippen molar-refractivity contribution in [2.24, 2.45) is 5.73 Å². The summed E-state index contributed by atoms with van der Waals surface area (Å²) in [7, 11) is -4.28. The SMILES string of the molecule is CC(=O)ON(CCN)S(=O)(=O)c1ccc([N+](=O)[O-])cc1Cl. The molecule has 11 heteroatoms. The first kappa shape index (κ1) is 17.3. The Balaban J connectivity index is 3.27. The zero-order valence-electron chi connectivity index (χ0n) is 10.9. The highest BCUT2D eigenvalue weighted by molar-refractivity contribution is 7.89. The first-order valence-electron chi connectivity index (χ1n) is 5.55. The minimum Gasteiger partial charge on any atom is -0.353 e. The second kappa shape index (κ2) is 6.80. The monoisotopic (exact) mass is 337 g/mol. The Morgan fingerprint density at radius 3 is 2.57 bits per heavy atom. The number of halogens is 1. The summed E-state index contributed by atoms with van der Waals surface area (Å²) in [6, 6.07) is 2.83. The smallest absolute Gasteiger partial charge is 0.323 e. The van der Waals surface area contributed by atoms with E-state index in [1.165, 1.54) is 0 Å². The standard InChI is InChI=1S/C10H12ClN3O6S/c1-7(15)20-13(5-4-12)21(18,19)10-3-2-8(14(16)17)6-9(10)11/h2-3,6H,4-5,12H2,1H3. The number of hydrogen-bond donors (Lipinski definition) is 1. The molecular weight excluding hydrogens is 326 g/mol. The van der Waals surface area contributed by atoms with Gasteiger partial charge >= 0.3 is 5.97 Å². The minimum atomic E-state index is -4.28. The quantitative estimate of drug-likeness (QED) is 0.595. The molecule has 1 aromatic carbocycles. The summed E-state index contributed by atoms with van der Waals surface area (Å²) in [6.07, 6.45) is 0. The van der Waals surface area contributed by atoms with Crippen LogP contribution in [0.1, 0.15) is 6.92 Å². The number of non-ortho nitro benzene ring substituents is 1. The van der Waals surface area contributed by atoms with Crippen molar-refractivity contribution in [2.45, 2.75) is 11.8 Å². The van der Waals surface area contributed by atoms with E-state index in [1.807, 2.05) is 0 Å². The van der Waals surface area contributed by atoms with Crippen LogP contribution in [0.25, 0.3) is 0 Å². The molecule has 0 saturated carbocycles. The van der Waals surface area contributed by atoms with E-state index in [0.717, 1.165) is 25.1 Å². The van der Waals surface area contributed by atoms with Gasteiger partial charge in [-0.25, -0.2) is 8.42 Å². The molecule has 0 spiro atoms. The number of hydroxylamine groups is 1. The van der Waals surface area contributed by atoms with Crippen LogP contribution in [0.4, 0.5) is 5.69 Å². The van der Waals surface area contributed by atoms with Crippen LogP contribution in [0.15, 0.2) is 23.1 Å². The molecule has 116 valence electrons. The molecule has 0 unspecified atom stereocenters. The average molecular weight is 338 g/mol. The Bertz CT molecular complexity index is 663. The molecular formula is C10H12ClN3O6S. The van der Waals surface area contributed by atoms with Gasteiger partial charge in [-0.1, -0.05) is 11.6 Å². The second-order valence-corrected chi connectivity index (χ2v) is 5.98. The highest BCUT2D eigenvalue weighted by atomic mass is 35.5. The largest absolute Gasteiger partial charge is 0.353 e. The molecule has 0 amide bonds. The lowest BCUT2D eigenvalue weighted by molar-refractivity contribution is -0.384. The fraction of sp³-hybridized carbons (Fsp3) is 0.300. The summed E-state index contributed by atoms with van der Waals surface area (Å²) < 4.78 is 25.0. The van der Waals surface area contributed by atoms with Gasteiger partial charge in [0.25, 0.3) is 15.7 Å². The topological polar surface area (TPSA) is 133 Å². The average Bonchev–Trinajstić information content (AvgIpc) is 2.37. The number of nitrogens with zero attached hydrogens (tertiary/aromatic N) is 2. The first-order chi connectivity index (χ1) is 9.70. The van der Waals surface area contributed by atoms with Gasteiger partial charge in [-0.3, -0.25) is 14.9 Å². The minimum absolute atomic E-state index is 0.100. The summed E-state index contributed by atoms with van der Waals surface area (Å²) in [5.74, 6) is -0.856. The van der Waals surface area contributed by atoms with E-state index in [-0.39, 0.29) is 23.8 Å². The van der Waals surface area contributed by atoms with Gasteiger partial charge in [0.05, 0.1) is 16.5 Å². The molecule has 0 radical (unpaired) electrons. The van der Waals surface area contributed by atoms with E-state index < -0.39 is 25.8 Å². The third kappa shape index (κ3) is 4.11. The molecule has 9 nitrogen and oxygen atoms in total. The lowest BCUT2D eigenvalue weighted by Gasteiger charge is -2.19. The predicted molar refractivity (Wildman–Crippen MR) is 72.8 cm³/mol. The number of hydrogen-bond acceptors (Lipinski definition) is 7. The van der Waals surface area contributed by atoms with Crippen LogP contribution in [0.3, 0.4) is 0 Å². The van der Waals surface area contributed by atoms with Crippen LogP contribution in [0.5, 0.6) is 0 Å². The van der Waals surface area contributed by atoms with Gasteiger partial charge in [0.15, 0.2) is 0 Å². The van der Waals surface area contributed by atoms with E-state index in [4.69, 9.17) is 17.3 Å². The number of carbonyl (C=O) groups is 1. The van der Waals surface area contributed by atoms with E-state index in [2.05, 4.69) is 4.84 Å². The van der Waals surface area contributed by atoms with Crippen LogP contribution in [0, 0.1) is 10.1 Å². The third-order valence-corrected chi connectivity index (χ3v) is 4.34. The summed E-state index contributed by atoms with van der Waals surface area (Å²) in [5.41, 5.74) is 4.90. The number of nitrogens with two attached hydrogens (primary N) is 1. The molecule has 0 atom stereocenters. The van der Waals surface area contributed by atoms with Gasteiger partial charge in [0.2, 0.25) is 0 Å². The van der Waals surface area contributed by atoms with Gasteiger partial charge in [-0.2, -0.15) is 0 Å². The van der Waals surface area contributed by atoms with Crippen molar-refractivity contribution in [1.29, 1.82) is 0 Å². The molecule has 1 aromatic rings. The first-order valence-corrected chi connectivity index (χ1v) is 7.37. The van der Waals surface area contributed by atoms with E-state index in [0.29, 0.717) is 4.47 Å². The zero-order chi connectivity index (χ0) is 16.2. The van der Waals surface area contributed by atoms with Crippen LogP contribution in [-0.2, 0) is 19.7 Å². The van der Waals surface area contributed by atoms with Crippen LogP contribution in [0.2, 0.25) is 5.02 Å². The Labute approximate surface area is 125 Å². The molecule has 0 fully saturated rings. The van der Waals surface area contributed by atoms with Crippen molar-refractivity contribution in [3.63, 3.8) is 0 Å². The Kier molecular flexibility index (Phi) is 5.61. The normalized spacial score (nSPS) is 11.4. The highest BCUT2D eigenvalue weighted by Gasteiger charge is 2.30. The molecule has 0 heterocycles. The van der Waals surface area contributed by atoms with Crippen molar-refractivity contribution < 1.29 is 23.0 Å². The molecule has 0 aromatic heterocycles. The van der Waals surface area contributed by atoms with Gasteiger partial charge in [-0.15, -0.1) is 0 Å². The Morgan fingerprint density at radius 2 is 2.14 bits per heavy atom. The summed E-state index contributed by atoms with van der Waals surface area (Å²) in [4.78, 5) is 25.0. The zero-order valence-corrected chi connectivity index (χ0v) is 12.4. The lowest BCUT2D eigenvalue weighted by atomic mass is 10.3. The van der Waals surface area contributed by atoms with Gasteiger partial charge in [0.1, 0.15) is 4.90 Å². The molecule has 0 bridgehead atoms. The summed E-state index contributed by atoms with van der Waals surface area (Å²) >= 11 is 5.76. The van der Waals surface area contributed by atoms with Gasteiger partial charge < -0.3 is 10.6 Å². The molecule has 0 aliphatic rings. The fourth-order valence-corrected chi connectivity index (χ4v) is 3.17. The molecule has 0 saturated heterocycles. The van der Waals surface area contributed by atoms with E-state index in [1.54, 1.807) is 0 Å². The summed E-state index contributed by atoms with van der Waals surface area (Å²) in [5, 5.41) is 10.2. The number of benzene rings is 1. The van der Waals surface area contributed by atoms with Gasteiger partial charge in [-0.05, 0) is 10.5 Å². The second-order valence-electron chi connectivity index (χ2n) is 3.77. The van der Waals surface area contributed by atoms with Crippen LogP contribution in [-0.4, -0.2) is 36.9 Å². The van der Waals surface area contributed by atoms with Crippen molar-refractivity contribution in [2.75, 3.05) is 13.1 Å². The number of nitro benzene ring substituents is 1. The van der Waals surface area contributed by atoms with E-state index in [9.17, 15) is 23.3 Å². The maximum Gasteiger partial charge on any atom is 0.323 e. The predicted octanol–water partition coefficient (Wildman–Crippen LogP) is 0.676. The van der Waals surface area contributed by atoms with Crippen molar-refractivity contribution >= 4 is 33.3 Å². The molecule has 2 N–H and O–H groups in total. The molecule has 1 rings (SSSR count). The fourth-order valence-electron chi connectivity index (χ4n) is 1.39. The van der Waals surface area contributed by atoms with Crippen LogP contribution >= 0.6 is 11.6 Å². The molecule has 21 heavy (non-hydrogen) atoms. The highest BCUT2D eigenvalue weighted by Crippen LogP contribution is 2.28. The third-order valence-electron chi connectivity index (χ3n) is 2.21. The number of rotatable bonds is 6. The van der Waals surface area contributed by atoms with E-state index >= 15 is 0 Å². The van der Waals surface area contributed by atoms with Crippen molar-refractivity contribution in [1.82, 2.24) is 4.47 Å². The van der Waals surface area contributed by atoms with Crippen molar-refractivity contribution in [3.05, 3.63) is 33.3 Å². The Hall–Kier alpha value is -1.75. The van der Waals surface area contributed by atoms with Crippen LogP contribution < -0.4 is 5.73 Å².